The van der Waals surface area contributed by atoms with Gasteiger partial charge in [0.2, 0.25) is 10.0 Å². The Balaban J connectivity index is 1.77. The third kappa shape index (κ3) is 4.03. The molecule has 1 heterocycles. The number of nitrogens with zero attached hydrogens (tertiary/aromatic N) is 2. The number of sulfonamides is 1. The quantitative estimate of drug-likeness (QED) is 0.547. The highest BCUT2D eigenvalue weighted by Crippen LogP contribution is 2.31. The van der Waals surface area contributed by atoms with E-state index in [9.17, 15) is 18.5 Å². The van der Waals surface area contributed by atoms with Crippen LogP contribution in [0.2, 0.25) is 0 Å². The van der Waals surface area contributed by atoms with Gasteiger partial charge in [-0.25, -0.2) is 8.42 Å². The molecular formula is C18H20N2O5S. The SMILES string of the molecule is O=[N+]([O-])c1cc(S(=O)(=O)N2CCCC2)ccc1OCCc1ccccc1. The standard InChI is InChI=1S/C18H20N2O5S/c21-20(22)17-14-16(26(23,24)19-11-4-5-12-19)8-9-18(17)25-13-10-15-6-2-1-3-7-15/h1-3,6-9,14H,4-5,10-13H2. The first kappa shape index (κ1) is 18.3. The number of rotatable bonds is 7. The van der Waals surface area contributed by atoms with E-state index in [2.05, 4.69) is 0 Å². The second kappa shape index (κ2) is 7.84. The number of nitro groups is 1. The van der Waals surface area contributed by atoms with E-state index in [0.29, 0.717) is 19.5 Å². The van der Waals surface area contributed by atoms with E-state index in [-0.39, 0.29) is 22.9 Å². The Bertz CT molecular complexity index is 878. The fourth-order valence-corrected chi connectivity index (χ4v) is 4.46. The van der Waals surface area contributed by atoms with Crippen molar-refractivity contribution in [1.29, 1.82) is 0 Å². The van der Waals surface area contributed by atoms with Crippen LogP contribution in [0.5, 0.6) is 5.75 Å². The molecule has 0 aromatic heterocycles. The Kier molecular flexibility index (Phi) is 5.53. The number of hydrogen-bond donors (Lipinski definition) is 0. The molecule has 7 nitrogen and oxygen atoms in total. The Hall–Kier alpha value is -2.45. The van der Waals surface area contributed by atoms with Gasteiger partial charge in [-0.1, -0.05) is 30.3 Å². The van der Waals surface area contributed by atoms with Gasteiger partial charge in [-0.15, -0.1) is 0 Å². The molecule has 1 aliphatic rings. The van der Waals surface area contributed by atoms with E-state index in [1.54, 1.807) is 0 Å². The van der Waals surface area contributed by atoms with Crippen LogP contribution in [0.3, 0.4) is 0 Å². The van der Waals surface area contributed by atoms with Gasteiger partial charge < -0.3 is 4.74 Å². The average molecular weight is 376 g/mol. The molecule has 0 radical (unpaired) electrons. The van der Waals surface area contributed by atoms with Gasteiger partial charge in [-0.2, -0.15) is 4.31 Å². The van der Waals surface area contributed by atoms with Crippen LogP contribution in [0.4, 0.5) is 5.69 Å². The van der Waals surface area contributed by atoms with Gasteiger partial charge in [0, 0.05) is 25.6 Å². The smallest absolute Gasteiger partial charge is 0.312 e. The molecule has 1 fully saturated rings. The van der Waals surface area contributed by atoms with Gasteiger partial charge in [0.1, 0.15) is 0 Å². The van der Waals surface area contributed by atoms with Crippen LogP contribution in [0.15, 0.2) is 53.4 Å². The summed E-state index contributed by atoms with van der Waals surface area (Å²) in [6.45, 7) is 1.17. The summed E-state index contributed by atoms with van der Waals surface area (Å²) in [6, 6.07) is 13.5. The molecule has 0 spiro atoms. The summed E-state index contributed by atoms with van der Waals surface area (Å²) in [5.74, 6) is 0.0753. The van der Waals surface area contributed by atoms with Crippen LogP contribution in [-0.2, 0) is 16.4 Å². The maximum absolute atomic E-state index is 12.6. The Labute approximate surface area is 152 Å². The van der Waals surface area contributed by atoms with E-state index in [1.807, 2.05) is 30.3 Å². The summed E-state index contributed by atoms with van der Waals surface area (Å²) >= 11 is 0. The molecule has 26 heavy (non-hydrogen) atoms. The molecule has 0 saturated carbocycles. The van der Waals surface area contributed by atoms with Gasteiger partial charge >= 0.3 is 5.69 Å². The predicted molar refractivity (Wildman–Crippen MR) is 96.7 cm³/mol. The first-order valence-corrected chi connectivity index (χ1v) is 9.88. The van der Waals surface area contributed by atoms with Gasteiger partial charge in [-0.05, 0) is 30.5 Å². The van der Waals surface area contributed by atoms with Crippen LogP contribution in [0.25, 0.3) is 0 Å². The van der Waals surface area contributed by atoms with E-state index in [0.717, 1.165) is 24.5 Å². The lowest BCUT2D eigenvalue weighted by atomic mass is 10.2. The highest BCUT2D eigenvalue weighted by atomic mass is 32.2. The van der Waals surface area contributed by atoms with Gasteiger partial charge in [-0.3, -0.25) is 10.1 Å². The van der Waals surface area contributed by atoms with E-state index >= 15 is 0 Å². The van der Waals surface area contributed by atoms with Crippen molar-refractivity contribution in [2.75, 3.05) is 19.7 Å². The molecule has 0 bridgehead atoms. The highest BCUT2D eigenvalue weighted by molar-refractivity contribution is 7.89. The summed E-state index contributed by atoms with van der Waals surface area (Å²) in [5, 5.41) is 11.4. The lowest BCUT2D eigenvalue weighted by Crippen LogP contribution is -2.27. The van der Waals surface area contributed by atoms with Gasteiger partial charge in [0.25, 0.3) is 0 Å². The molecule has 8 heteroatoms. The van der Waals surface area contributed by atoms with Crippen molar-refractivity contribution in [3.8, 4) is 5.75 Å². The van der Waals surface area contributed by atoms with E-state index in [4.69, 9.17) is 4.74 Å². The lowest BCUT2D eigenvalue weighted by molar-refractivity contribution is -0.386. The molecule has 138 valence electrons. The highest BCUT2D eigenvalue weighted by Gasteiger charge is 2.29. The molecule has 2 aromatic carbocycles. The van der Waals surface area contributed by atoms with Crippen LogP contribution < -0.4 is 4.74 Å². The van der Waals surface area contributed by atoms with Crippen molar-refractivity contribution in [3.63, 3.8) is 0 Å². The van der Waals surface area contributed by atoms with E-state index in [1.165, 1.54) is 16.4 Å². The van der Waals surface area contributed by atoms with Crippen molar-refractivity contribution in [3.05, 3.63) is 64.2 Å². The molecule has 0 aliphatic carbocycles. The van der Waals surface area contributed by atoms with Crippen molar-refractivity contribution < 1.29 is 18.1 Å². The minimum absolute atomic E-state index is 0.0680. The fourth-order valence-electron chi connectivity index (χ4n) is 2.92. The van der Waals surface area contributed by atoms with Crippen LogP contribution >= 0.6 is 0 Å². The largest absolute Gasteiger partial charge is 0.486 e. The minimum atomic E-state index is -3.70. The monoisotopic (exact) mass is 376 g/mol. The van der Waals surface area contributed by atoms with E-state index < -0.39 is 14.9 Å². The molecule has 0 atom stereocenters. The molecular weight excluding hydrogens is 356 g/mol. The van der Waals surface area contributed by atoms with Crippen LogP contribution in [0.1, 0.15) is 18.4 Å². The summed E-state index contributed by atoms with van der Waals surface area (Å²) < 4.78 is 32.1. The zero-order valence-electron chi connectivity index (χ0n) is 14.2. The molecule has 1 saturated heterocycles. The molecule has 0 amide bonds. The van der Waals surface area contributed by atoms with Gasteiger partial charge in [0.05, 0.1) is 16.4 Å². The maximum Gasteiger partial charge on any atom is 0.312 e. The topological polar surface area (TPSA) is 89.8 Å². The average Bonchev–Trinajstić information content (AvgIpc) is 3.18. The Morgan fingerprint density at radius 2 is 1.77 bits per heavy atom. The molecule has 3 rings (SSSR count). The first-order chi connectivity index (χ1) is 12.5. The fraction of sp³-hybridized carbons (Fsp3) is 0.333. The Morgan fingerprint density at radius 1 is 1.08 bits per heavy atom. The van der Waals surface area contributed by atoms with Crippen molar-refractivity contribution in [2.24, 2.45) is 0 Å². The maximum atomic E-state index is 12.6. The second-order valence-electron chi connectivity index (χ2n) is 6.08. The Morgan fingerprint density at radius 3 is 2.42 bits per heavy atom. The second-order valence-corrected chi connectivity index (χ2v) is 8.02. The zero-order valence-corrected chi connectivity index (χ0v) is 15.0. The van der Waals surface area contributed by atoms with Crippen molar-refractivity contribution in [1.82, 2.24) is 4.31 Å². The number of hydrogen-bond acceptors (Lipinski definition) is 5. The lowest BCUT2D eigenvalue weighted by Gasteiger charge is -2.16. The minimum Gasteiger partial charge on any atom is -0.486 e. The molecule has 0 N–H and O–H groups in total. The third-order valence-corrected chi connectivity index (χ3v) is 6.22. The summed E-state index contributed by atoms with van der Waals surface area (Å²) in [4.78, 5) is 10.7. The van der Waals surface area contributed by atoms with Crippen LogP contribution in [0, 0.1) is 10.1 Å². The normalized spacial score (nSPS) is 15.1. The third-order valence-electron chi connectivity index (χ3n) is 4.32. The summed E-state index contributed by atoms with van der Waals surface area (Å²) in [6.07, 6.45) is 2.22. The molecule has 2 aromatic rings. The molecule has 0 unspecified atom stereocenters. The summed E-state index contributed by atoms with van der Waals surface area (Å²) in [5.41, 5.74) is 0.724. The van der Waals surface area contributed by atoms with Crippen LogP contribution in [-0.4, -0.2) is 37.3 Å². The zero-order chi connectivity index (χ0) is 18.6. The van der Waals surface area contributed by atoms with Crippen molar-refractivity contribution in [2.45, 2.75) is 24.2 Å². The van der Waals surface area contributed by atoms with Crippen molar-refractivity contribution >= 4 is 15.7 Å². The predicted octanol–water partition coefficient (Wildman–Crippen LogP) is 3.00. The number of nitro benzene ring substituents is 1. The first-order valence-electron chi connectivity index (χ1n) is 8.44. The number of benzene rings is 2. The number of ether oxygens (including phenoxy) is 1. The molecule has 1 aliphatic heterocycles. The van der Waals surface area contributed by atoms with Gasteiger partial charge in [0.15, 0.2) is 5.75 Å². The summed E-state index contributed by atoms with van der Waals surface area (Å²) in [7, 11) is -3.70.